The van der Waals surface area contributed by atoms with E-state index in [0.29, 0.717) is 17.0 Å². The molecule has 0 saturated heterocycles. The molecule has 0 aliphatic heterocycles. The van der Waals surface area contributed by atoms with Gasteiger partial charge in [-0.15, -0.1) is 0 Å². The van der Waals surface area contributed by atoms with Gasteiger partial charge in [0, 0.05) is 5.56 Å². The zero-order chi connectivity index (χ0) is 18.7. The minimum absolute atomic E-state index is 0.0266. The highest BCUT2D eigenvalue weighted by atomic mass is 19.1. The molecule has 0 atom stereocenters. The number of aromatic amines is 1. The molecule has 1 amide bonds. The number of halogens is 1. The van der Waals surface area contributed by atoms with E-state index in [1.54, 1.807) is 0 Å². The summed E-state index contributed by atoms with van der Waals surface area (Å²) >= 11 is 0. The summed E-state index contributed by atoms with van der Waals surface area (Å²) in [6.07, 6.45) is 0. The van der Waals surface area contributed by atoms with Crippen LogP contribution < -0.4 is 10.1 Å². The third-order valence-corrected chi connectivity index (χ3v) is 3.61. The quantitative estimate of drug-likeness (QED) is 0.538. The molecule has 2 aromatic carbocycles. The van der Waals surface area contributed by atoms with E-state index in [1.165, 1.54) is 55.6 Å². The summed E-state index contributed by atoms with van der Waals surface area (Å²) < 4.78 is 17.9. The van der Waals surface area contributed by atoms with Crippen molar-refractivity contribution in [2.45, 2.75) is 0 Å². The van der Waals surface area contributed by atoms with Gasteiger partial charge >= 0.3 is 0 Å². The van der Waals surface area contributed by atoms with Gasteiger partial charge in [0.05, 0.1) is 23.8 Å². The normalized spacial score (nSPS) is 10.4. The fourth-order valence-electron chi connectivity index (χ4n) is 2.29. The molecule has 2 N–H and O–H groups in total. The van der Waals surface area contributed by atoms with E-state index in [1.807, 2.05) is 0 Å². The second-order valence-corrected chi connectivity index (χ2v) is 5.27. The van der Waals surface area contributed by atoms with Gasteiger partial charge in [-0.3, -0.25) is 20.0 Å². The van der Waals surface area contributed by atoms with Crippen molar-refractivity contribution >= 4 is 17.3 Å². The number of carbonyl (C=O) groups excluding carboxylic acids is 1. The van der Waals surface area contributed by atoms with Gasteiger partial charge in [0.25, 0.3) is 11.6 Å². The summed E-state index contributed by atoms with van der Waals surface area (Å²) in [4.78, 5) is 22.9. The molecule has 26 heavy (non-hydrogen) atoms. The molecule has 0 aliphatic rings. The summed E-state index contributed by atoms with van der Waals surface area (Å²) in [6.45, 7) is 0. The number of H-pyrrole nitrogens is 1. The van der Waals surface area contributed by atoms with Gasteiger partial charge in [-0.2, -0.15) is 5.10 Å². The molecule has 0 radical (unpaired) electrons. The van der Waals surface area contributed by atoms with Gasteiger partial charge in [0.15, 0.2) is 0 Å². The largest absolute Gasteiger partial charge is 0.496 e. The Hall–Kier alpha value is -3.75. The minimum atomic E-state index is -0.616. The molecule has 0 unspecified atom stereocenters. The average molecular weight is 356 g/mol. The van der Waals surface area contributed by atoms with Crippen LogP contribution in [0.1, 0.15) is 10.5 Å². The van der Waals surface area contributed by atoms with Crippen LogP contribution in [0.15, 0.2) is 48.5 Å². The van der Waals surface area contributed by atoms with Crippen LogP contribution in [0.4, 0.5) is 15.8 Å². The van der Waals surface area contributed by atoms with Crippen molar-refractivity contribution in [1.82, 2.24) is 10.2 Å². The van der Waals surface area contributed by atoms with Crippen LogP contribution in [0.25, 0.3) is 11.3 Å². The van der Waals surface area contributed by atoms with Gasteiger partial charge in [-0.25, -0.2) is 4.39 Å². The van der Waals surface area contributed by atoms with Crippen LogP contribution in [0, 0.1) is 15.9 Å². The summed E-state index contributed by atoms with van der Waals surface area (Å²) in [5.41, 5.74) is 0.903. The third-order valence-electron chi connectivity index (χ3n) is 3.61. The van der Waals surface area contributed by atoms with Gasteiger partial charge in [-0.1, -0.05) is 0 Å². The number of nitro groups is 1. The first-order chi connectivity index (χ1) is 12.5. The first-order valence-corrected chi connectivity index (χ1v) is 7.43. The second kappa shape index (κ2) is 7.01. The van der Waals surface area contributed by atoms with E-state index in [4.69, 9.17) is 4.74 Å². The van der Waals surface area contributed by atoms with Crippen molar-refractivity contribution in [3.05, 3.63) is 70.2 Å². The van der Waals surface area contributed by atoms with E-state index in [0.717, 1.165) is 0 Å². The minimum Gasteiger partial charge on any atom is -0.496 e. The Morgan fingerprint density at radius 2 is 1.96 bits per heavy atom. The zero-order valence-corrected chi connectivity index (χ0v) is 13.5. The van der Waals surface area contributed by atoms with E-state index in [-0.39, 0.29) is 22.9 Å². The number of ether oxygens (including phenoxy) is 1. The van der Waals surface area contributed by atoms with Crippen LogP contribution in [0.3, 0.4) is 0 Å². The Morgan fingerprint density at radius 3 is 2.62 bits per heavy atom. The molecule has 3 rings (SSSR count). The van der Waals surface area contributed by atoms with Gasteiger partial charge in [0.1, 0.15) is 22.9 Å². The lowest BCUT2D eigenvalue weighted by molar-refractivity contribution is -0.384. The van der Waals surface area contributed by atoms with Crippen LogP contribution in [0.5, 0.6) is 5.75 Å². The number of amides is 1. The number of carbonyl (C=O) groups is 1. The van der Waals surface area contributed by atoms with Gasteiger partial charge in [-0.05, 0) is 42.5 Å². The number of nitrogens with zero attached hydrogens (tertiary/aromatic N) is 2. The fourth-order valence-corrected chi connectivity index (χ4v) is 2.29. The third kappa shape index (κ3) is 3.51. The Morgan fingerprint density at radius 1 is 1.23 bits per heavy atom. The van der Waals surface area contributed by atoms with Crippen molar-refractivity contribution in [3.8, 4) is 17.0 Å². The van der Waals surface area contributed by atoms with E-state index in [2.05, 4.69) is 15.5 Å². The lowest BCUT2D eigenvalue weighted by Crippen LogP contribution is -2.13. The first-order valence-electron chi connectivity index (χ1n) is 7.43. The molecule has 0 saturated carbocycles. The van der Waals surface area contributed by atoms with E-state index in [9.17, 15) is 19.3 Å². The highest BCUT2D eigenvalue weighted by molar-refractivity contribution is 6.04. The van der Waals surface area contributed by atoms with Crippen LogP contribution in [-0.4, -0.2) is 28.1 Å². The van der Waals surface area contributed by atoms with E-state index >= 15 is 0 Å². The van der Waals surface area contributed by atoms with Gasteiger partial charge in [0.2, 0.25) is 0 Å². The molecule has 0 aliphatic carbocycles. The van der Waals surface area contributed by atoms with Gasteiger partial charge < -0.3 is 10.1 Å². The molecule has 0 fully saturated rings. The number of anilines is 1. The Balaban J connectivity index is 1.83. The van der Waals surface area contributed by atoms with E-state index < -0.39 is 10.8 Å². The number of nitrogens with one attached hydrogen (secondary N) is 2. The lowest BCUT2D eigenvalue weighted by Gasteiger charge is -2.06. The molecular weight excluding hydrogens is 343 g/mol. The van der Waals surface area contributed by atoms with Crippen LogP contribution >= 0.6 is 0 Å². The fraction of sp³-hybridized carbons (Fsp3) is 0.0588. The van der Waals surface area contributed by atoms with Crippen LogP contribution in [0.2, 0.25) is 0 Å². The molecule has 8 nitrogen and oxygen atoms in total. The Bertz CT molecular complexity index is 969. The number of hydrogen-bond donors (Lipinski definition) is 2. The van der Waals surface area contributed by atoms with Crippen molar-refractivity contribution in [1.29, 1.82) is 0 Å². The maximum absolute atomic E-state index is 13.0. The summed E-state index contributed by atoms with van der Waals surface area (Å²) in [5.74, 6) is -0.678. The zero-order valence-electron chi connectivity index (χ0n) is 13.5. The number of rotatable bonds is 5. The molecule has 1 heterocycles. The number of nitro benzene ring substituents is 1. The molecule has 9 heteroatoms. The number of aromatic nitrogens is 2. The average Bonchev–Trinajstić information content (AvgIpc) is 3.12. The van der Waals surface area contributed by atoms with Crippen molar-refractivity contribution < 1.29 is 18.8 Å². The number of hydrogen-bond acceptors (Lipinski definition) is 5. The molecule has 1 aromatic heterocycles. The summed E-state index contributed by atoms with van der Waals surface area (Å²) in [7, 11) is 1.39. The molecule has 3 aromatic rings. The maximum Gasteiger partial charge on any atom is 0.296 e. The van der Waals surface area contributed by atoms with Crippen LogP contribution in [-0.2, 0) is 0 Å². The number of methoxy groups -OCH3 is 1. The lowest BCUT2D eigenvalue weighted by atomic mass is 10.1. The molecule has 132 valence electrons. The molecular formula is C17H13FN4O4. The Kier molecular flexibility index (Phi) is 4.61. The highest BCUT2D eigenvalue weighted by Crippen LogP contribution is 2.29. The first kappa shape index (κ1) is 17.1. The predicted octanol–water partition coefficient (Wildman–Crippen LogP) is 3.38. The highest BCUT2D eigenvalue weighted by Gasteiger charge is 2.19. The SMILES string of the molecule is COc1ccc(NC(=O)c2cc(-c3ccc(F)cc3)n[nH]2)c([N+](=O)[O-])c1. The number of benzene rings is 2. The topological polar surface area (TPSA) is 110 Å². The monoisotopic (exact) mass is 356 g/mol. The standard InChI is InChI=1S/C17H13FN4O4/c1-26-12-6-7-13(16(8-12)22(24)25)19-17(23)15-9-14(20-21-15)10-2-4-11(18)5-3-10/h2-9H,1H3,(H,19,23)(H,20,21). The second-order valence-electron chi connectivity index (χ2n) is 5.27. The summed E-state index contributed by atoms with van der Waals surface area (Å²) in [5, 5.41) is 20.2. The molecule has 0 bridgehead atoms. The van der Waals surface area contributed by atoms with Crippen molar-refractivity contribution in [2.75, 3.05) is 12.4 Å². The smallest absolute Gasteiger partial charge is 0.296 e. The Labute approximate surface area is 146 Å². The summed E-state index contributed by atoms with van der Waals surface area (Å²) in [6, 6.07) is 11.2. The maximum atomic E-state index is 13.0. The van der Waals surface area contributed by atoms with Crippen molar-refractivity contribution in [2.24, 2.45) is 0 Å². The predicted molar refractivity (Wildman–Crippen MR) is 91.6 cm³/mol. The molecule has 0 spiro atoms. The van der Waals surface area contributed by atoms with Crippen molar-refractivity contribution in [3.63, 3.8) is 0 Å².